The molecule has 0 aliphatic carbocycles. The van der Waals surface area contributed by atoms with E-state index in [1.165, 1.54) is 4.31 Å². The third-order valence-corrected chi connectivity index (χ3v) is 9.28. The van der Waals surface area contributed by atoms with Gasteiger partial charge in [0, 0.05) is 64.5 Å². The average Bonchev–Trinajstić information content (AvgIpc) is 2.88. The summed E-state index contributed by atoms with van der Waals surface area (Å²) in [5, 5.41) is 0.885. The van der Waals surface area contributed by atoms with Crippen molar-refractivity contribution in [1.82, 2.24) is 19.1 Å². The summed E-state index contributed by atoms with van der Waals surface area (Å²) in [5.41, 5.74) is 2.78. The summed E-state index contributed by atoms with van der Waals surface area (Å²) in [6, 6.07) is 12.7. The summed E-state index contributed by atoms with van der Waals surface area (Å²) in [5.74, 6) is 0.563. The average molecular weight is 526 g/mol. The van der Waals surface area contributed by atoms with Gasteiger partial charge in [-0.25, -0.2) is 8.42 Å². The molecule has 1 fully saturated rings. The highest BCUT2D eigenvalue weighted by Crippen LogP contribution is 2.34. The van der Waals surface area contributed by atoms with Gasteiger partial charge in [-0.05, 0) is 43.1 Å². The van der Waals surface area contributed by atoms with Gasteiger partial charge in [-0.2, -0.15) is 4.31 Å². The van der Waals surface area contributed by atoms with Gasteiger partial charge in [0.2, 0.25) is 10.0 Å². The number of hydrogen-bond donors (Lipinski definition) is 1. The first kappa shape index (κ1) is 25.7. The van der Waals surface area contributed by atoms with Crippen LogP contribution in [-0.4, -0.2) is 94.0 Å². The van der Waals surface area contributed by atoms with E-state index in [2.05, 4.69) is 26.7 Å². The molecule has 0 amide bonds. The fourth-order valence-corrected chi connectivity index (χ4v) is 6.42. The molecule has 10 heteroatoms. The molecule has 0 atom stereocenters. The Morgan fingerprint density at radius 1 is 1.03 bits per heavy atom. The predicted octanol–water partition coefficient (Wildman–Crippen LogP) is 2.10. The van der Waals surface area contributed by atoms with Crippen molar-refractivity contribution in [3.63, 3.8) is 0 Å². The molecule has 1 aromatic heterocycles. The molecule has 9 nitrogen and oxygen atoms in total. The minimum absolute atomic E-state index is 0.00681. The van der Waals surface area contributed by atoms with Crippen LogP contribution in [0.1, 0.15) is 11.1 Å². The fraction of sp³-hybridized carbons (Fsp3) is 0.444. The van der Waals surface area contributed by atoms with Crippen LogP contribution < -0.4 is 15.2 Å². The highest BCUT2D eigenvalue weighted by Gasteiger charge is 2.29. The molecule has 0 saturated carbocycles. The number of fused-ring (bicyclic) bond motifs is 2. The minimum atomic E-state index is -3.90. The molecular weight excluding hydrogens is 490 g/mol. The third-order valence-electron chi connectivity index (χ3n) is 7.44. The molecule has 0 bridgehead atoms. The number of piperazine rings is 1. The third kappa shape index (κ3) is 5.38. The van der Waals surface area contributed by atoms with E-state index < -0.39 is 10.0 Å². The maximum absolute atomic E-state index is 14.0. The second-order valence-electron chi connectivity index (χ2n) is 10.0. The van der Waals surface area contributed by atoms with E-state index in [9.17, 15) is 13.2 Å². The number of rotatable bonds is 7. The van der Waals surface area contributed by atoms with Gasteiger partial charge in [0.15, 0.2) is 0 Å². The lowest BCUT2D eigenvalue weighted by Gasteiger charge is -2.34. The van der Waals surface area contributed by atoms with Crippen molar-refractivity contribution in [3.05, 3.63) is 63.9 Å². The van der Waals surface area contributed by atoms with E-state index >= 15 is 0 Å². The molecule has 1 N–H and O–H groups in total. The maximum Gasteiger partial charge on any atom is 0.252 e. The van der Waals surface area contributed by atoms with E-state index in [0.717, 1.165) is 54.9 Å². The quantitative estimate of drug-likeness (QED) is 0.505. The standard InChI is InChI=1S/C27H35N5O4S/c1-20-5-4-6-21-17-22(27(33)28-26(20)21)19-32(14-13-31-11-9-29(2)10-12-31)37(34,35)23-7-8-24-25(18-23)36-16-15-30(24)3/h4-8,17-18H,9-16,19H2,1-3H3,(H,28,33). The van der Waals surface area contributed by atoms with Crippen molar-refractivity contribution in [2.75, 3.05) is 71.4 Å². The van der Waals surface area contributed by atoms with Gasteiger partial charge in [0.25, 0.3) is 5.56 Å². The Morgan fingerprint density at radius 3 is 2.59 bits per heavy atom. The number of aryl methyl sites for hydroxylation is 1. The molecule has 3 aromatic rings. The first-order chi connectivity index (χ1) is 17.7. The number of nitrogens with one attached hydrogen (secondary N) is 1. The van der Waals surface area contributed by atoms with Crippen LogP contribution in [0.4, 0.5) is 5.69 Å². The molecule has 2 aliphatic rings. The molecule has 1 saturated heterocycles. The minimum Gasteiger partial charge on any atom is -0.490 e. The molecule has 3 heterocycles. The predicted molar refractivity (Wildman–Crippen MR) is 146 cm³/mol. The lowest BCUT2D eigenvalue weighted by Crippen LogP contribution is -2.47. The summed E-state index contributed by atoms with van der Waals surface area (Å²) < 4.78 is 35.2. The maximum atomic E-state index is 14.0. The number of benzene rings is 2. The van der Waals surface area contributed by atoms with Gasteiger partial charge >= 0.3 is 0 Å². The van der Waals surface area contributed by atoms with Gasteiger partial charge in [-0.3, -0.25) is 9.69 Å². The van der Waals surface area contributed by atoms with Crippen LogP contribution >= 0.6 is 0 Å². The fourth-order valence-electron chi connectivity index (χ4n) is 4.99. The normalized spacial score (nSPS) is 17.2. The smallest absolute Gasteiger partial charge is 0.252 e. The summed E-state index contributed by atoms with van der Waals surface area (Å²) in [7, 11) is 0.163. The number of anilines is 1. The topological polar surface area (TPSA) is 89.2 Å². The van der Waals surface area contributed by atoms with Gasteiger partial charge in [-0.15, -0.1) is 0 Å². The zero-order chi connectivity index (χ0) is 26.2. The number of sulfonamides is 1. The monoisotopic (exact) mass is 525 g/mol. The Labute approximate surface area is 218 Å². The lowest BCUT2D eigenvalue weighted by atomic mass is 10.1. The number of aromatic nitrogens is 1. The van der Waals surface area contributed by atoms with Gasteiger partial charge in [0.1, 0.15) is 12.4 Å². The molecule has 198 valence electrons. The number of hydrogen-bond acceptors (Lipinski definition) is 7. The Bertz CT molecular complexity index is 1450. The Kier molecular flexibility index (Phi) is 7.26. The number of ether oxygens (including phenoxy) is 1. The first-order valence-electron chi connectivity index (χ1n) is 12.7. The highest BCUT2D eigenvalue weighted by molar-refractivity contribution is 7.89. The molecule has 0 radical (unpaired) electrons. The van der Waals surface area contributed by atoms with Crippen molar-refractivity contribution >= 4 is 26.6 Å². The van der Waals surface area contributed by atoms with E-state index in [4.69, 9.17) is 4.74 Å². The molecule has 0 unspecified atom stereocenters. The van der Waals surface area contributed by atoms with Crippen molar-refractivity contribution in [1.29, 1.82) is 0 Å². The molecule has 2 aromatic carbocycles. The van der Waals surface area contributed by atoms with E-state index in [1.807, 2.05) is 38.2 Å². The van der Waals surface area contributed by atoms with Crippen LogP contribution in [0.15, 0.2) is 52.2 Å². The van der Waals surface area contributed by atoms with Crippen LogP contribution in [0.5, 0.6) is 5.75 Å². The zero-order valence-corrected chi connectivity index (χ0v) is 22.6. The number of likely N-dealkylation sites (N-methyl/N-ethyl adjacent to an activating group) is 2. The van der Waals surface area contributed by atoms with Crippen LogP contribution in [0, 0.1) is 6.92 Å². The number of H-pyrrole nitrogens is 1. The molecule has 5 rings (SSSR count). The second kappa shape index (κ2) is 10.4. The number of pyridine rings is 1. The lowest BCUT2D eigenvalue weighted by molar-refractivity contribution is 0.147. The SMILES string of the molecule is Cc1cccc2cc(CN(CCN3CCN(C)CC3)S(=O)(=O)c3ccc4c(c3)OCCN4C)c(=O)[nH]c12. The van der Waals surface area contributed by atoms with Gasteiger partial charge in [-0.1, -0.05) is 18.2 Å². The largest absolute Gasteiger partial charge is 0.490 e. The number of aromatic amines is 1. The Balaban J connectivity index is 1.47. The molecule has 2 aliphatic heterocycles. The summed E-state index contributed by atoms with van der Waals surface area (Å²) in [6.07, 6.45) is 0. The number of para-hydroxylation sites is 1. The second-order valence-corrected chi connectivity index (χ2v) is 12.0. The van der Waals surface area contributed by atoms with Gasteiger partial charge in [0.05, 0.1) is 22.6 Å². The van der Waals surface area contributed by atoms with Crippen LogP contribution in [0.3, 0.4) is 0 Å². The van der Waals surface area contributed by atoms with Crippen LogP contribution in [-0.2, 0) is 16.6 Å². The van der Waals surface area contributed by atoms with Crippen LogP contribution in [0.25, 0.3) is 10.9 Å². The van der Waals surface area contributed by atoms with Gasteiger partial charge < -0.3 is 19.5 Å². The first-order valence-corrected chi connectivity index (χ1v) is 14.2. The van der Waals surface area contributed by atoms with Crippen molar-refractivity contribution in [3.8, 4) is 5.75 Å². The van der Waals surface area contributed by atoms with Crippen LogP contribution in [0.2, 0.25) is 0 Å². The zero-order valence-electron chi connectivity index (χ0n) is 21.7. The van der Waals surface area contributed by atoms with Crippen molar-refractivity contribution in [2.24, 2.45) is 0 Å². The van der Waals surface area contributed by atoms with Crippen molar-refractivity contribution in [2.45, 2.75) is 18.4 Å². The summed E-state index contributed by atoms with van der Waals surface area (Å²) in [6.45, 7) is 7.76. The van der Waals surface area contributed by atoms with E-state index in [1.54, 1.807) is 18.2 Å². The highest BCUT2D eigenvalue weighted by atomic mass is 32.2. The Morgan fingerprint density at radius 2 is 1.81 bits per heavy atom. The number of nitrogens with zero attached hydrogens (tertiary/aromatic N) is 4. The van der Waals surface area contributed by atoms with E-state index in [0.29, 0.717) is 24.5 Å². The molecular formula is C27H35N5O4S. The molecule has 0 spiro atoms. The summed E-state index contributed by atoms with van der Waals surface area (Å²) >= 11 is 0. The molecule has 37 heavy (non-hydrogen) atoms. The van der Waals surface area contributed by atoms with E-state index in [-0.39, 0.29) is 23.5 Å². The Hall–Kier alpha value is -2.92. The summed E-state index contributed by atoms with van der Waals surface area (Å²) in [4.78, 5) is 22.8. The van der Waals surface area contributed by atoms with Crippen molar-refractivity contribution < 1.29 is 13.2 Å².